The molecule has 1 nitrogen and oxygen atoms in total. The number of anilines is 2. The second-order valence-electron chi connectivity index (χ2n) is 11.7. The fourth-order valence-electron chi connectivity index (χ4n) is 5.85. The van der Waals surface area contributed by atoms with E-state index in [4.69, 9.17) is 0 Å². The first-order valence-corrected chi connectivity index (χ1v) is 12.8. The van der Waals surface area contributed by atoms with E-state index in [-0.39, 0.29) is 11.0 Å². The quantitative estimate of drug-likeness (QED) is 0.293. The molecule has 178 valence electrons. The Morgan fingerprint density at radius 1 is 0.657 bits per heavy atom. The van der Waals surface area contributed by atoms with Crippen LogP contribution in [-0.4, -0.2) is 5.54 Å². The normalized spacial score (nSPS) is 14.1. The summed E-state index contributed by atoms with van der Waals surface area (Å²) in [7, 11) is 0. The summed E-state index contributed by atoms with van der Waals surface area (Å²) in [6, 6.07) is 33.4. The summed E-state index contributed by atoms with van der Waals surface area (Å²) in [5.74, 6) is 0.420. The fourth-order valence-corrected chi connectivity index (χ4v) is 5.85. The summed E-state index contributed by atoms with van der Waals surface area (Å²) < 4.78 is 0. The van der Waals surface area contributed by atoms with Crippen molar-refractivity contribution in [3.63, 3.8) is 0 Å². The zero-order valence-corrected chi connectivity index (χ0v) is 22.2. The smallest absolute Gasteiger partial charge is 0.0498 e. The number of nitrogens with zero attached hydrogens (tertiary/aromatic N) is 1. The molecule has 0 fully saturated rings. The molecule has 1 heteroatoms. The predicted octanol–water partition coefficient (Wildman–Crippen LogP) is 9.72. The average Bonchev–Trinajstić information content (AvgIpc) is 3.07. The number of hydrogen-bond acceptors (Lipinski definition) is 1. The molecule has 0 amide bonds. The first-order valence-electron chi connectivity index (χ1n) is 12.8. The molecular weight excluding hydrogens is 422 g/mol. The molecule has 0 radical (unpaired) electrons. The van der Waals surface area contributed by atoms with Crippen LogP contribution in [0.3, 0.4) is 0 Å². The maximum absolute atomic E-state index is 2.59. The van der Waals surface area contributed by atoms with Crippen molar-refractivity contribution in [2.75, 3.05) is 4.90 Å². The van der Waals surface area contributed by atoms with E-state index in [1.165, 1.54) is 50.3 Å². The van der Waals surface area contributed by atoms with E-state index in [0.29, 0.717) is 5.92 Å². The van der Waals surface area contributed by atoms with Crippen molar-refractivity contribution < 1.29 is 0 Å². The molecule has 0 saturated heterocycles. The standard InChI is InChI=1S/C34H37N/c1-23(2)27-21-22-29-28-15-11-12-16-30(28)34(6,7)31(29)32(27)35(33(3,4)5)26-19-17-25(18-20-26)24-13-9-8-10-14-24/h8-23H,1-7H3. The summed E-state index contributed by atoms with van der Waals surface area (Å²) in [4.78, 5) is 2.59. The Kier molecular flexibility index (Phi) is 5.63. The second-order valence-corrected chi connectivity index (χ2v) is 11.7. The van der Waals surface area contributed by atoms with E-state index in [1.54, 1.807) is 0 Å². The molecule has 0 aromatic heterocycles. The highest BCUT2D eigenvalue weighted by Gasteiger charge is 2.41. The van der Waals surface area contributed by atoms with Crippen molar-refractivity contribution >= 4 is 11.4 Å². The van der Waals surface area contributed by atoms with Crippen molar-refractivity contribution in [1.29, 1.82) is 0 Å². The van der Waals surface area contributed by atoms with Crippen LogP contribution in [0, 0.1) is 0 Å². The van der Waals surface area contributed by atoms with Gasteiger partial charge in [-0.15, -0.1) is 0 Å². The molecule has 4 aromatic rings. The van der Waals surface area contributed by atoms with E-state index in [0.717, 1.165) is 0 Å². The van der Waals surface area contributed by atoms with Crippen molar-refractivity contribution in [2.24, 2.45) is 0 Å². The molecule has 0 N–H and O–H groups in total. The first-order chi connectivity index (χ1) is 16.6. The van der Waals surface area contributed by atoms with Crippen LogP contribution in [0.25, 0.3) is 22.3 Å². The van der Waals surface area contributed by atoms with Gasteiger partial charge >= 0.3 is 0 Å². The molecule has 1 aliphatic carbocycles. The monoisotopic (exact) mass is 459 g/mol. The number of fused-ring (bicyclic) bond motifs is 3. The Balaban J connectivity index is 1.75. The fraction of sp³-hybridized carbons (Fsp3) is 0.294. The van der Waals surface area contributed by atoms with Crippen LogP contribution in [0.4, 0.5) is 11.4 Å². The Morgan fingerprint density at radius 2 is 1.26 bits per heavy atom. The molecule has 0 atom stereocenters. The van der Waals surface area contributed by atoms with Gasteiger partial charge in [-0.25, -0.2) is 0 Å². The minimum Gasteiger partial charge on any atom is -0.336 e. The van der Waals surface area contributed by atoms with Gasteiger partial charge in [0.15, 0.2) is 0 Å². The van der Waals surface area contributed by atoms with Crippen LogP contribution in [-0.2, 0) is 5.41 Å². The Morgan fingerprint density at radius 3 is 1.89 bits per heavy atom. The third-order valence-corrected chi connectivity index (χ3v) is 7.47. The van der Waals surface area contributed by atoms with Gasteiger partial charge < -0.3 is 4.90 Å². The van der Waals surface area contributed by atoms with Crippen LogP contribution in [0.1, 0.15) is 71.1 Å². The lowest BCUT2D eigenvalue weighted by atomic mass is 9.78. The minimum atomic E-state index is -0.0993. The summed E-state index contributed by atoms with van der Waals surface area (Å²) in [6.45, 7) is 16.4. The molecule has 0 bridgehead atoms. The van der Waals surface area contributed by atoms with Gasteiger partial charge in [-0.2, -0.15) is 0 Å². The van der Waals surface area contributed by atoms with Gasteiger partial charge in [0.25, 0.3) is 0 Å². The third-order valence-electron chi connectivity index (χ3n) is 7.47. The summed E-state index contributed by atoms with van der Waals surface area (Å²) in [5, 5.41) is 0. The van der Waals surface area contributed by atoms with Gasteiger partial charge in [0, 0.05) is 22.3 Å². The second kappa shape index (κ2) is 8.41. The molecule has 0 aliphatic heterocycles. The number of hydrogen-bond donors (Lipinski definition) is 0. The first kappa shape index (κ1) is 23.4. The number of rotatable bonds is 4. The molecule has 5 rings (SSSR count). The molecule has 0 unspecified atom stereocenters. The van der Waals surface area contributed by atoms with Crippen molar-refractivity contribution in [3.05, 3.63) is 108 Å². The number of benzene rings is 4. The lowest BCUT2D eigenvalue weighted by Crippen LogP contribution is -2.40. The van der Waals surface area contributed by atoms with E-state index in [9.17, 15) is 0 Å². The predicted molar refractivity (Wildman–Crippen MR) is 152 cm³/mol. The van der Waals surface area contributed by atoms with E-state index in [2.05, 4.69) is 144 Å². The lowest BCUT2D eigenvalue weighted by molar-refractivity contribution is 0.550. The molecular formula is C34H37N. The van der Waals surface area contributed by atoms with Gasteiger partial charge in [0.2, 0.25) is 0 Å². The summed E-state index contributed by atoms with van der Waals surface area (Å²) >= 11 is 0. The molecule has 0 saturated carbocycles. The van der Waals surface area contributed by atoms with Gasteiger partial charge in [0.05, 0.1) is 0 Å². The zero-order chi connectivity index (χ0) is 25.0. The van der Waals surface area contributed by atoms with Gasteiger partial charge in [0.1, 0.15) is 0 Å². The van der Waals surface area contributed by atoms with Gasteiger partial charge in [-0.3, -0.25) is 0 Å². The Hall–Kier alpha value is -3.32. The Bertz CT molecular complexity index is 1350. The zero-order valence-electron chi connectivity index (χ0n) is 22.2. The van der Waals surface area contributed by atoms with Crippen molar-refractivity contribution in [3.8, 4) is 22.3 Å². The minimum absolute atomic E-state index is 0.0698. The van der Waals surface area contributed by atoms with Gasteiger partial charge in [-0.1, -0.05) is 107 Å². The van der Waals surface area contributed by atoms with Crippen molar-refractivity contribution in [1.82, 2.24) is 0 Å². The van der Waals surface area contributed by atoms with Crippen LogP contribution < -0.4 is 4.90 Å². The summed E-state index contributed by atoms with van der Waals surface area (Å²) in [5.41, 5.74) is 12.0. The SMILES string of the molecule is CC(C)c1ccc2c(c1N(c1ccc(-c3ccccc3)cc1)C(C)(C)C)C(C)(C)c1ccccc1-2. The summed E-state index contributed by atoms with van der Waals surface area (Å²) in [6.07, 6.45) is 0. The Labute approximate surface area is 211 Å². The lowest BCUT2D eigenvalue weighted by Gasteiger charge is -2.42. The van der Waals surface area contributed by atoms with Crippen LogP contribution in [0.15, 0.2) is 91.0 Å². The van der Waals surface area contributed by atoms with E-state index < -0.39 is 0 Å². The highest BCUT2D eigenvalue weighted by Crippen LogP contribution is 2.55. The molecule has 4 aromatic carbocycles. The molecule has 0 heterocycles. The molecule has 0 spiro atoms. The molecule has 1 aliphatic rings. The average molecular weight is 460 g/mol. The van der Waals surface area contributed by atoms with Gasteiger partial charge in [-0.05, 0) is 77.8 Å². The van der Waals surface area contributed by atoms with E-state index in [1.807, 2.05) is 0 Å². The largest absolute Gasteiger partial charge is 0.336 e. The van der Waals surface area contributed by atoms with Crippen molar-refractivity contribution in [2.45, 2.75) is 65.3 Å². The van der Waals surface area contributed by atoms with E-state index >= 15 is 0 Å². The van der Waals surface area contributed by atoms with Crippen LogP contribution in [0.5, 0.6) is 0 Å². The maximum atomic E-state index is 2.59. The van der Waals surface area contributed by atoms with Crippen LogP contribution in [0.2, 0.25) is 0 Å². The highest BCUT2D eigenvalue weighted by molar-refractivity contribution is 5.90. The topological polar surface area (TPSA) is 3.24 Å². The highest BCUT2D eigenvalue weighted by atomic mass is 15.2. The van der Waals surface area contributed by atoms with Crippen LogP contribution >= 0.6 is 0 Å². The maximum Gasteiger partial charge on any atom is 0.0498 e. The third kappa shape index (κ3) is 3.88. The molecule has 35 heavy (non-hydrogen) atoms.